The maximum atomic E-state index is 10.9. The fourth-order valence-corrected chi connectivity index (χ4v) is 1.55. The lowest BCUT2D eigenvalue weighted by atomic mass is 10.2. The van der Waals surface area contributed by atoms with Crippen molar-refractivity contribution in [2.45, 2.75) is 20.8 Å². The van der Waals surface area contributed by atoms with E-state index in [2.05, 4.69) is 9.97 Å². The molecule has 0 aromatic carbocycles. The van der Waals surface area contributed by atoms with Crippen LogP contribution in [0.3, 0.4) is 0 Å². The molecule has 0 spiro atoms. The Bertz CT molecular complexity index is 408. The van der Waals surface area contributed by atoms with Crippen LogP contribution in [-0.4, -0.2) is 28.0 Å². The summed E-state index contributed by atoms with van der Waals surface area (Å²) in [6, 6.07) is 0. The summed E-state index contributed by atoms with van der Waals surface area (Å²) in [6.07, 6.45) is 1.15. The molecule has 94 valence electrons. The quantitative estimate of drug-likeness (QED) is 0.616. The molecule has 1 rings (SSSR count). The molecule has 1 aromatic rings. The molecule has 0 saturated carbocycles. The smallest absolute Gasteiger partial charge is 0.329 e. The van der Waals surface area contributed by atoms with Crippen LogP contribution in [-0.2, 0) is 0 Å². The third kappa shape index (κ3) is 3.27. The predicted molar refractivity (Wildman–Crippen MR) is 65.8 cm³/mol. The number of nitro groups is 1. The monoisotopic (exact) mass is 239 g/mol. The van der Waals surface area contributed by atoms with Gasteiger partial charge in [0.05, 0.1) is 4.92 Å². The highest BCUT2D eigenvalue weighted by atomic mass is 16.6. The Morgan fingerprint density at radius 1 is 1.59 bits per heavy atom. The molecule has 0 aliphatic carbocycles. The molecule has 17 heavy (non-hydrogen) atoms. The molecular formula is C10H17N5O2. The minimum Gasteiger partial charge on any atom is -0.368 e. The van der Waals surface area contributed by atoms with Gasteiger partial charge in [0.25, 0.3) is 0 Å². The van der Waals surface area contributed by atoms with Gasteiger partial charge in [0.15, 0.2) is 0 Å². The topological polar surface area (TPSA) is 98.2 Å². The molecule has 0 fully saturated rings. The molecule has 0 bridgehead atoms. The molecule has 0 atom stereocenters. The zero-order valence-electron chi connectivity index (χ0n) is 10.3. The molecule has 0 unspecified atom stereocenters. The molecule has 1 aromatic heterocycles. The molecule has 2 N–H and O–H groups in total. The first kappa shape index (κ1) is 13.1. The Labute approximate surface area is 99.8 Å². The van der Waals surface area contributed by atoms with E-state index < -0.39 is 4.92 Å². The number of hydrogen-bond donors (Lipinski definition) is 1. The highest BCUT2D eigenvalue weighted by molar-refractivity contribution is 5.58. The van der Waals surface area contributed by atoms with Gasteiger partial charge >= 0.3 is 5.69 Å². The normalized spacial score (nSPS) is 10.6. The van der Waals surface area contributed by atoms with E-state index in [0.29, 0.717) is 24.8 Å². The Kier molecular flexibility index (Phi) is 4.19. The number of rotatable bonds is 5. The summed E-state index contributed by atoms with van der Waals surface area (Å²) in [5.74, 6) is 0.720. The number of anilines is 2. The number of nitrogen functional groups attached to an aromatic ring is 1. The molecule has 0 aliphatic rings. The first-order valence-electron chi connectivity index (χ1n) is 5.47. The minimum atomic E-state index is -0.488. The van der Waals surface area contributed by atoms with Gasteiger partial charge in [-0.05, 0) is 12.8 Å². The van der Waals surface area contributed by atoms with Gasteiger partial charge in [-0.15, -0.1) is 0 Å². The summed E-state index contributed by atoms with van der Waals surface area (Å²) < 4.78 is 0. The van der Waals surface area contributed by atoms with Gasteiger partial charge in [-0.2, -0.15) is 4.98 Å². The van der Waals surface area contributed by atoms with Gasteiger partial charge < -0.3 is 10.6 Å². The van der Waals surface area contributed by atoms with E-state index >= 15 is 0 Å². The molecule has 0 aliphatic heterocycles. The lowest BCUT2D eigenvalue weighted by molar-refractivity contribution is -0.384. The minimum absolute atomic E-state index is 0.0489. The van der Waals surface area contributed by atoms with Crippen LogP contribution in [0.15, 0.2) is 6.20 Å². The van der Waals surface area contributed by atoms with Crippen molar-refractivity contribution in [3.63, 3.8) is 0 Å². The zero-order valence-corrected chi connectivity index (χ0v) is 10.3. The van der Waals surface area contributed by atoms with E-state index in [0.717, 1.165) is 6.20 Å². The third-order valence-electron chi connectivity index (χ3n) is 2.23. The summed E-state index contributed by atoms with van der Waals surface area (Å²) in [6.45, 7) is 7.33. The van der Waals surface area contributed by atoms with Crippen LogP contribution in [0.4, 0.5) is 17.5 Å². The van der Waals surface area contributed by atoms with Crippen LogP contribution in [0.1, 0.15) is 20.8 Å². The Morgan fingerprint density at radius 2 is 2.24 bits per heavy atom. The summed E-state index contributed by atoms with van der Waals surface area (Å²) in [4.78, 5) is 19.9. The highest BCUT2D eigenvalue weighted by Gasteiger charge is 2.21. The molecule has 0 radical (unpaired) electrons. The second-order valence-electron chi connectivity index (χ2n) is 4.13. The number of hydrogen-bond acceptors (Lipinski definition) is 6. The van der Waals surface area contributed by atoms with Crippen LogP contribution in [0.25, 0.3) is 0 Å². The average molecular weight is 239 g/mol. The largest absolute Gasteiger partial charge is 0.368 e. The van der Waals surface area contributed by atoms with Crippen molar-refractivity contribution in [1.82, 2.24) is 9.97 Å². The number of aromatic nitrogens is 2. The first-order chi connectivity index (χ1) is 7.95. The molecule has 7 nitrogen and oxygen atoms in total. The SMILES string of the molecule is CCN(CC(C)C)c1nc(N)ncc1[N+](=O)[O-]. The van der Waals surface area contributed by atoms with Crippen LogP contribution < -0.4 is 10.6 Å². The molecule has 7 heteroatoms. The van der Waals surface area contributed by atoms with Crippen LogP contribution in [0.2, 0.25) is 0 Å². The lowest BCUT2D eigenvalue weighted by Crippen LogP contribution is -2.29. The van der Waals surface area contributed by atoms with Gasteiger partial charge in [-0.1, -0.05) is 13.8 Å². The zero-order chi connectivity index (χ0) is 13.0. The predicted octanol–water partition coefficient (Wildman–Crippen LogP) is 1.45. The number of nitrogens with two attached hydrogens (primary N) is 1. The standard InChI is InChI=1S/C10H17N5O2/c1-4-14(6-7(2)3)9-8(15(16)17)5-12-10(11)13-9/h5,7H,4,6H2,1-3H3,(H2,11,12,13). The van der Waals surface area contributed by atoms with Crippen molar-refractivity contribution in [1.29, 1.82) is 0 Å². The van der Waals surface area contributed by atoms with Crippen molar-refractivity contribution < 1.29 is 4.92 Å². The lowest BCUT2D eigenvalue weighted by Gasteiger charge is -2.23. The summed E-state index contributed by atoms with van der Waals surface area (Å²) in [5.41, 5.74) is 5.37. The van der Waals surface area contributed by atoms with Gasteiger partial charge in [-0.3, -0.25) is 10.1 Å². The van der Waals surface area contributed by atoms with Crippen LogP contribution >= 0.6 is 0 Å². The average Bonchev–Trinajstić information content (AvgIpc) is 2.25. The Hall–Kier alpha value is -1.92. The molecule has 0 amide bonds. The van der Waals surface area contributed by atoms with E-state index in [9.17, 15) is 10.1 Å². The van der Waals surface area contributed by atoms with E-state index in [1.54, 1.807) is 0 Å². The summed E-state index contributed by atoms with van der Waals surface area (Å²) >= 11 is 0. The summed E-state index contributed by atoms with van der Waals surface area (Å²) in [7, 11) is 0. The fourth-order valence-electron chi connectivity index (χ4n) is 1.55. The van der Waals surface area contributed by atoms with Crippen molar-refractivity contribution in [2.75, 3.05) is 23.7 Å². The van der Waals surface area contributed by atoms with E-state index in [1.165, 1.54) is 0 Å². The van der Waals surface area contributed by atoms with Crippen LogP contribution in [0, 0.1) is 16.0 Å². The van der Waals surface area contributed by atoms with Crippen molar-refractivity contribution in [2.24, 2.45) is 5.92 Å². The second kappa shape index (κ2) is 5.42. The van der Waals surface area contributed by atoms with Crippen molar-refractivity contribution in [3.8, 4) is 0 Å². The summed E-state index contributed by atoms with van der Waals surface area (Å²) in [5, 5.41) is 10.9. The maximum absolute atomic E-state index is 10.9. The van der Waals surface area contributed by atoms with Gasteiger partial charge in [-0.25, -0.2) is 4.98 Å². The van der Waals surface area contributed by atoms with Crippen LogP contribution in [0.5, 0.6) is 0 Å². The second-order valence-corrected chi connectivity index (χ2v) is 4.13. The molecular weight excluding hydrogens is 222 g/mol. The molecule has 1 heterocycles. The first-order valence-corrected chi connectivity index (χ1v) is 5.47. The van der Waals surface area contributed by atoms with E-state index in [-0.39, 0.29) is 11.6 Å². The van der Waals surface area contributed by atoms with Crippen molar-refractivity contribution in [3.05, 3.63) is 16.3 Å². The number of nitrogens with zero attached hydrogens (tertiary/aromatic N) is 4. The molecule has 0 saturated heterocycles. The third-order valence-corrected chi connectivity index (χ3v) is 2.23. The van der Waals surface area contributed by atoms with E-state index in [1.807, 2.05) is 25.7 Å². The van der Waals surface area contributed by atoms with Crippen molar-refractivity contribution >= 4 is 17.5 Å². The Morgan fingerprint density at radius 3 is 2.71 bits per heavy atom. The Balaban J connectivity index is 3.15. The van der Waals surface area contributed by atoms with Gasteiger partial charge in [0.2, 0.25) is 11.8 Å². The van der Waals surface area contributed by atoms with Gasteiger partial charge in [0.1, 0.15) is 6.20 Å². The fraction of sp³-hybridized carbons (Fsp3) is 0.600. The van der Waals surface area contributed by atoms with Gasteiger partial charge in [0, 0.05) is 13.1 Å². The maximum Gasteiger partial charge on any atom is 0.329 e. The highest BCUT2D eigenvalue weighted by Crippen LogP contribution is 2.25. The van der Waals surface area contributed by atoms with E-state index in [4.69, 9.17) is 5.73 Å².